The monoisotopic (exact) mass is 415 g/mol. The molecule has 0 aliphatic heterocycles. The zero-order valence-corrected chi connectivity index (χ0v) is 18.5. The Bertz CT molecular complexity index is 618. The molecule has 0 bridgehead atoms. The SMILES string of the molecule is COCCCN(CC(=O)N(CCOC)Cc1cccn1C)C(=O)C(C)(C)CCl. The Morgan fingerprint density at radius 3 is 2.36 bits per heavy atom. The normalized spacial score (nSPS) is 11.5. The highest BCUT2D eigenvalue weighted by atomic mass is 35.5. The van der Waals surface area contributed by atoms with Gasteiger partial charge in [-0.2, -0.15) is 0 Å². The van der Waals surface area contributed by atoms with Crippen molar-refractivity contribution in [1.29, 1.82) is 0 Å². The van der Waals surface area contributed by atoms with E-state index in [1.54, 1.807) is 37.9 Å². The summed E-state index contributed by atoms with van der Waals surface area (Å²) in [6.07, 6.45) is 2.60. The van der Waals surface area contributed by atoms with E-state index in [9.17, 15) is 9.59 Å². The van der Waals surface area contributed by atoms with E-state index in [0.717, 1.165) is 5.69 Å². The number of hydrogen-bond donors (Lipinski definition) is 0. The minimum absolute atomic E-state index is 0.0109. The minimum atomic E-state index is -0.732. The van der Waals surface area contributed by atoms with Crippen LogP contribution in [0.1, 0.15) is 26.0 Å². The van der Waals surface area contributed by atoms with Crippen molar-refractivity contribution in [1.82, 2.24) is 14.4 Å². The van der Waals surface area contributed by atoms with Gasteiger partial charge in [0.1, 0.15) is 0 Å². The number of rotatable bonds is 13. The molecule has 1 aromatic heterocycles. The molecule has 0 saturated carbocycles. The molecule has 28 heavy (non-hydrogen) atoms. The fourth-order valence-electron chi connectivity index (χ4n) is 2.75. The van der Waals surface area contributed by atoms with Crippen LogP contribution in [0.4, 0.5) is 0 Å². The van der Waals surface area contributed by atoms with E-state index in [2.05, 4.69) is 0 Å². The first-order valence-corrected chi connectivity index (χ1v) is 10.0. The number of aromatic nitrogens is 1. The molecule has 0 aliphatic rings. The van der Waals surface area contributed by atoms with Crippen molar-refractivity contribution in [2.24, 2.45) is 12.5 Å². The maximum absolute atomic E-state index is 13.1. The number of alkyl halides is 1. The minimum Gasteiger partial charge on any atom is -0.385 e. The van der Waals surface area contributed by atoms with Gasteiger partial charge in [-0.3, -0.25) is 9.59 Å². The van der Waals surface area contributed by atoms with E-state index in [-0.39, 0.29) is 24.2 Å². The molecule has 1 rings (SSSR count). The topological polar surface area (TPSA) is 64.0 Å². The van der Waals surface area contributed by atoms with Crippen LogP contribution in [0.2, 0.25) is 0 Å². The van der Waals surface area contributed by atoms with Crippen molar-refractivity contribution >= 4 is 23.4 Å². The summed E-state index contributed by atoms with van der Waals surface area (Å²) < 4.78 is 12.2. The molecular weight excluding hydrogens is 382 g/mol. The third kappa shape index (κ3) is 7.45. The number of nitrogens with zero attached hydrogens (tertiary/aromatic N) is 3. The van der Waals surface area contributed by atoms with E-state index in [4.69, 9.17) is 21.1 Å². The molecule has 1 heterocycles. The molecular formula is C20H34ClN3O4. The van der Waals surface area contributed by atoms with Crippen LogP contribution in [0.5, 0.6) is 0 Å². The second-order valence-corrected chi connectivity index (χ2v) is 7.78. The Kier molecular flexibility index (Phi) is 10.6. The second kappa shape index (κ2) is 12.1. The van der Waals surface area contributed by atoms with Crippen molar-refractivity contribution in [3.05, 3.63) is 24.0 Å². The summed E-state index contributed by atoms with van der Waals surface area (Å²) in [5.74, 6) is -0.0516. The molecule has 0 spiro atoms. The largest absolute Gasteiger partial charge is 0.385 e. The highest BCUT2D eigenvalue weighted by Gasteiger charge is 2.32. The van der Waals surface area contributed by atoms with Gasteiger partial charge in [0.05, 0.1) is 25.1 Å². The quantitative estimate of drug-likeness (QED) is 0.365. The van der Waals surface area contributed by atoms with Crippen molar-refractivity contribution in [2.45, 2.75) is 26.8 Å². The fraction of sp³-hybridized carbons (Fsp3) is 0.700. The number of aryl methyl sites for hydroxylation is 1. The third-order valence-corrected chi connectivity index (χ3v) is 5.29. The van der Waals surface area contributed by atoms with Crippen molar-refractivity contribution in [2.75, 3.05) is 52.9 Å². The average Bonchev–Trinajstić information content (AvgIpc) is 3.08. The number of methoxy groups -OCH3 is 2. The molecule has 0 unspecified atom stereocenters. The predicted molar refractivity (Wildman–Crippen MR) is 110 cm³/mol. The lowest BCUT2D eigenvalue weighted by Crippen LogP contribution is -2.48. The Labute approximate surface area is 173 Å². The van der Waals surface area contributed by atoms with Crippen LogP contribution in [-0.2, 0) is 32.7 Å². The highest BCUT2D eigenvalue weighted by Crippen LogP contribution is 2.21. The van der Waals surface area contributed by atoms with Crippen LogP contribution in [0.15, 0.2) is 18.3 Å². The molecule has 0 fully saturated rings. The first-order chi connectivity index (χ1) is 13.3. The van der Waals surface area contributed by atoms with Gasteiger partial charge < -0.3 is 23.8 Å². The van der Waals surface area contributed by atoms with Gasteiger partial charge in [0, 0.05) is 58.7 Å². The summed E-state index contributed by atoms with van der Waals surface area (Å²) in [4.78, 5) is 29.3. The van der Waals surface area contributed by atoms with Gasteiger partial charge in [-0.1, -0.05) is 0 Å². The summed E-state index contributed by atoms with van der Waals surface area (Å²) in [5.41, 5.74) is 0.285. The first-order valence-electron chi connectivity index (χ1n) is 9.48. The van der Waals surface area contributed by atoms with Gasteiger partial charge in [0.25, 0.3) is 0 Å². The summed E-state index contributed by atoms with van der Waals surface area (Å²) in [6.45, 7) is 5.92. The molecule has 0 radical (unpaired) electrons. The number of amides is 2. The third-order valence-electron chi connectivity index (χ3n) is 4.63. The summed E-state index contributed by atoms with van der Waals surface area (Å²) >= 11 is 5.99. The van der Waals surface area contributed by atoms with Crippen LogP contribution in [0, 0.1) is 5.41 Å². The first kappa shape index (κ1) is 24.5. The van der Waals surface area contributed by atoms with E-state index in [0.29, 0.717) is 39.3 Å². The van der Waals surface area contributed by atoms with Gasteiger partial charge in [0.2, 0.25) is 11.8 Å². The summed E-state index contributed by atoms with van der Waals surface area (Å²) in [5, 5.41) is 0. The van der Waals surface area contributed by atoms with E-state index >= 15 is 0 Å². The number of hydrogen-bond acceptors (Lipinski definition) is 4. The van der Waals surface area contributed by atoms with Crippen molar-refractivity contribution in [3.63, 3.8) is 0 Å². The van der Waals surface area contributed by atoms with Crippen LogP contribution in [0.3, 0.4) is 0 Å². The van der Waals surface area contributed by atoms with Gasteiger partial charge in [0.15, 0.2) is 0 Å². The Balaban J connectivity index is 2.92. The summed E-state index contributed by atoms with van der Waals surface area (Å²) in [7, 11) is 5.17. The maximum atomic E-state index is 13.1. The van der Waals surface area contributed by atoms with Gasteiger partial charge in [-0.25, -0.2) is 0 Å². The average molecular weight is 416 g/mol. The van der Waals surface area contributed by atoms with E-state index < -0.39 is 5.41 Å². The van der Waals surface area contributed by atoms with Gasteiger partial charge >= 0.3 is 0 Å². The molecule has 7 nitrogen and oxygen atoms in total. The molecule has 160 valence electrons. The molecule has 0 aliphatic carbocycles. The van der Waals surface area contributed by atoms with Crippen LogP contribution >= 0.6 is 11.6 Å². The molecule has 2 amide bonds. The number of ether oxygens (including phenoxy) is 2. The van der Waals surface area contributed by atoms with E-state index in [1.165, 1.54) is 0 Å². The Hall–Kier alpha value is -1.57. The molecule has 0 N–H and O–H groups in total. The lowest BCUT2D eigenvalue weighted by Gasteiger charge is -2.32. The smallest absolute Gasteiger partial charge is 0.242 e. The zero-order chi connectivity index (χ0) is 21.2. The highest BCUT2D eigenvalue weighted by molar-refractivity contribution is 6.19. The van der Waals surface area contributed by atoms with Crippen molar-refractivity contribution in [3.8, 4) is 0 Å². The maximum Gasteiger partial charge on any atom is 0.242 e. The Morgan fingerprint density at radius 2 is 1.82 bits per heavy atom. The van der Waals surface area contributed by atoms with E-state index in [1.807, 2.05) is 29.9 Å². The molecule has 8 heteroatoms. The van der Waals surface area contributed by atoms with Crippen LogP contribution < -0.4 is 0 Å². The number of carbonyl (C=O) groups is 2. The predicted octanol–water partition coefficient (Wildman–Crippen LogP) is 2.13. The number of carbonyl (C=O) groups excluding carboxylic acids is 2. The lowest BCUT2D eigenvalue weighted by atomic mass is 9.94. The number of halogens is 1. The summed E-state index contributed by atoms with van der Waals surface area (Å²) in [6, 6.07) is 3.92. The molecule has 0 saturated heterocycles. The fourth-order valence-corrected chi connectivity index (χ4v) is 2.86. The molecule has 0 aromatic carbocycles. The zero-order valence-electron chi connectivity index (χ0n) is 17.7. The molecule has 1 aromatic rings. The van der Waals surface area contributed by atoms with Crippen LogP contribution in [0.25, 0.3) is 0 Å². The second-order valence-electron chi connectivity index (χ2n) is 7.51. The van der Waals surface area contributed by atoms with Crippen LogP contribution in [-0.4, -0.2) is 79.1 Å². The van der Waals surface area contributed by atoms with Crippen molar-refractivity contribution < 1.29 is 19.1 Å². The molecule has 0 atom stereocenters. The lowest BCUT2D eigenvalue weighted by molar-refractivity contribution is -0.146. The standard InChI is InChI=1S/C20H34ClN3O4/c1-20(2,16-21)19(26)24(10-7-12-27-4)15-18(25)23(11-13-28-5)14-17-8-6-9-22(17)3/h6,8-9H,7,10-16H2,1-5H3. The Morgan fingerprint density at radius 1 is 1.14 bits per heavy atom. The van der Waals surface area contributed by atoms with Gasteiger partial charge in [-0.15, -0.1) is 11.6 Å². The van der Waals surface area contributed by atoms with Gasteiger partial charge in [-0.05, 0) is 32.4 Å².